The first-order chi connectivity index (χ1) is 29.7. The number of benzene rings is 10. The molecule has 2 aromatic heterocycles. The highest BCUT2D eigenvalue weighted by atomic mass is 15.3. The molecule has 0 amide bonds. The number of para-hydroxylation sites is 3. The Hall–Kier alpha value is -7.28. The smallest absolute Gasteiger partial charge is 0.138 e. The number of fused-ring (bicyclic) bond motifs is 16. The predicted octanol–water partition coefficient (Wildman–Crippen LogP) is 13.0. The quantitative estimate of drug-likeness (QED) is 0.106. The molecule has 0 aliphatic carbocycles. The summed E-state index contributed by atoms with van der Waals surface area (Å²) in [6.07, 6.45) is -0.832. The minimum Gasteiger partial charge on any atom is -0.311 e. The van der Waals surface area contributed by atoms with Crippen LogP contribution in [0.1, 0.15) is 23.6 Å². The Morgan fingerprint density at radius 2 is 0.917 bits per heavy atom. The second kappa shape index (κ2) is 13.9. The molecule has 60 heavy (non-hydrogen) atoms. The van der Waals surface area contributed by atoms with Gasteiger partial charge in [-0.3, -0.25) is 16.4 Å². The molecule has 286 valence electrons. The molecule has 5 heteroatoms. The first-order valence-corrected chi connectivity index (χ1v) is 20.8. The second-order valence-electron chi connectivity index (χ2n) is 15.8. The van der Waals surface area contributed by atoms with E-state index in [4.69, 9.17) is 5.73 Å². The largest absolute Gasteiger partial charge is 0.311 e. The summed E-state index contributed by atoms with van der Waals surface area (Å²) in [5, 5.41) is 22.5. The van der Waals surface area contributed by atoms with Crippen LogP contribution in [0.15, 0.2) is 200 Å². The number of rotatable bonds is 8. The zero-order chi connectivity index (χ0) is 39.7. The van der Waals surface area contributed by atoms with E-state index in [2.05, 4.69) is 220 Å². The first-order valence-electron chi connectivity index (χ1n) is 20.8. The lowest BCUT2D eigenvalue weighted by molar-refractivity contribution is 0.332. The van der Waals surface area contributed by atoms with Crippen molar-refractivity contribution in [2.24, 2.45) is 5.73 Å². The van der Waals surface area contributed by atoms with Gasteiger partial charge in [0.2, 0.25) is 0 Å². The van der Waals surface area contributed by atoms with E-state index in [1.807, 2.05) is 0 Å². The Labute approximate surface area is 346 Å². The molecule has 0 radical (unpaired) electrons. The van der Waals surface area contributed by atoms with Crippen molar-refractivity contribution < 1.29 is 0 Å². The Morgan fingerprint density at radius 3 is 1.62 bits per heavy atom. The molecule has 0 saturated carbocycles. The monoisotopic (exact) mass is 771 g/mol. The Kier molecular flexibility index (Phi) is 8.07. The Balaban J connectivity index is 1.14. The van der Waals surface area contributed by atoms with E-state index in [1.54, 1.807) is 0 Å². The summed E-state index contributed by atoms with van der Waals surface area (Å²) < 4.78 is 4.80. The lowest BCUT2D eigenvalue weighted by Gasteiger charge is -2.27. The fraction of sp³-hybridized carbons (Fsp3) is 0.0545. The van der Waals surface area contributed by atoms with Crippen molar-refractivity contribution >= 4 is 86.7 Å². The predicted molar refractivity (Wildman–Crippen MR) is 253 cm³/mol. The third-order valence-corrected chi connectivity index (χ3v) is 12.6. The number of nitrogens with two attached hydrogens (primary N) is 1. The molecule has 0 aliphatic rings. The van der Waals surface area contributed by atoms with E-state index in [0.717, 1.165) is 22.3 Å². The molecular formula is C55H41N5. The molecule has 2 unspecified atom stereocenters. The molecule has 0 fully saturated rings. The van der Waals surface area contributed by atoms with Gasteiger partial charge < -0.3 is 9.13 Å². The summed E-state index contributed by atoms with van der Waals surface area (Å²) in [6, 6.07) is 72.0. The number of nitrogens with one attached hydrogen (secondary N) is 2. The van der Waals surface area contributed by atoms with Gasteiger partial charge in [-0.2, -0.15) is 0 Å². The fourth-order valence-electron chi connectivity index (χ4n) is 10.1. The zero-order valence-corrected chi connectivity index (χ0v) is 32.9. The Morgan fingerprint density at radius 1 is 0.417 bits per heavy atom. The van der Waals surface area contributed by atoms with Gasteiger partial charge in [0, 0.05) is 55.3 Å². The van der Waals surface area contributed by atoms with Gasteiger partial charge in [0.1, 0.15) is 6.29 Å². The van der Waals surface area contributed by atoms with Crippen LogP contribution in [-0.2, 0) is 6.54 Å². The van der Waals surface area contributed by atoms with Crippen LogP contribution in [0.25, 0.3) is 92.4 Å². The normalized spacial score (nSPS) is 13.2. The van der Waals surface area contributed by atoms with E-state index >= 15 is 0 Å². The Bertz CT molecular complexity index is 3600. The fourth-order valence-corrected chi connectivity index (χ4v) is 10.1. The summed E-state index contributed by atoms with van der Waals surface area (Å²) in [5.41, 5.74) is 15.7. The van der Waals surface area contributed by atoms with Gasteiger partial charge in [-0.15, -0.1) is 0 Å². The maximum absolute atomic E-state index is 7.56. The highest BCUT2D eigenvalue weighted by molar-refractivity contribution is 6.45. The van der Waals surface area contributed by atoms with Crippen LogP contribution >= 0.6 is 0 Å². The van der Waals surface area contributed by atoms with Crippen LogP contribution in [-0.4, -0.2) is 9.13 Å². The van der Waals surface area contributed by atoms with Gasteiger partial charge in [-0.1, -0.05) is 176 Å². The van der Waals surface area contributed by atoms with Gasteiger partial charge in [-0.25, -0.2) is 0 Å². The number of nitrogens with zero attached hydrogens (tertiary/aromatic N) is 2. The van der Waals surface area contributed by atoms with E-state index in [1.165, 1.54) is 81.2 Å². The third kappa shape index (κ3) is 5.24. The lowest BCUT2D eigenvalue weighted by atomic mass is 9.89. The molecule has 5 nitrogen and oxygen atoms in total. The maximum Gasteiger partial charge on any atom is 0.138 e. The molecule has 12 aromatic rings. The highest BCUT2D eigenvalue weighted by Gasteiger charge is 2.27. The van der Waals surface area contributed by atoms with Gasteiger partial charge in [-0.05, 0) is 56.9 Å². The summed E-state index contributed by atoms with van der Waals surface area (Å²) in [7, 11) is 0. The van der Waals surface area contributed by atoms with Gasteiger partial charge >= 0.3 is 0 Å². The zero-order valence-electron chi connectivity index (χ0n) is 32.9. The number of hydrogen-bond donors (Lipinski definition) is 3. The average molecular weight is 772 g/mol. The minimum absolute atomic E-state index is 0.243. The SMILES string of the molecule is NC(NC(NCc1cccc2ccccc12)c1ccccc1)n1c2ccccc2c2c3c4ccccc4c4c(c5ccccc5n4-c4ccccc4)c3c3ccccc3c21. The third-order valence-electron chi connectivity index (χ3n) is 12.6. The lowest BCUT2D eigenvalue weighted by Crippen LogP contribution is -2.42. The average Bonchev–Trinajstić information content (AvgIpc) is 3.85. The van der Waals surface area contributed by atoms with Crippen molar-refractivity contribution in [3.8, 4) is 5.69 Å². The van der Waals surface area contributed by atoms with Crippen molar-refractivity contribution in [3.05, 3.63) is 211 Å². The molecule has 12 rings (SSSR count). The highest BCUT2D eigenvalue weighted by Crippen LogP contribution is 2.50. The van der Waals surface area contributed by atoms with E-state index in [9.17, 15) is 0 Å². The van der Waals surface area contributed by atoms with Gasteiger partial charge in [0.25, 0.3) is 0 Å². The van der Waals surface area contributed by atoms with Gasteiger partial charge in [0.05, 0.1) is 28.2 Å². The van der Waals surface area contributed by atoms with Gasteiger partial charge in [0.15, 0.2) is 0 Å². The van der Waals surface area contributed by atoms with Crippen LogP contribution in [0, 0.1) is 0 Å². The van der Waals surface area contributed by atoms with E-state index in [0.29, 0.717) is 6.54 Å². The summed E-state index contributed by atoms with van der Waals surface area (Å²) >= 11 is 0. The standard InChI is InChI=1S/C55H41N5/c56-55(58-54(36-19-3-1-4-20-36)57-34-37-22-17-21-35-18-7-8-25-39(35)37)60-47-33-16-14-31-45(47)51-49-40-26-9-11-28-42(40)52-50(48(49)41-27-10-12-29-43(41)53(51)60)44-30-13-15-32-46(44)59(52)38-23-5-2-6-24-38/h1-33,54-55,57-58H,34,56H2. The van der Waals surface area contributed by atoms with Crippen molar-refractivity contribution in [3.63, 3.8) is 0 Å². The van der Waals surface area contributed by atoms with Crippen molar-refractivity contribution in [1.29, 1.82) is 0 Å². The van der Waals surface area contributed by atoms with Crippen molar-refractivity contribution in [2.75, 3.05) is 0 Å². The molecule has 0 aliphatic heterocycles. The second-order valence-corrected chi connectivity index (χ2v) is 15.8. The maximum atomic E-state index is 7.56. The molecular weight excluding hydrogens is 731 g/mol. The first kappa shape index (κ1) is 34.7. The summed E-state index contributed by atoms with van der Waals surface area (Å²) in [5.74, 6) is 0. The summed E-state index contributed by atoms with van der Waals surface area (Å²) in [4.78, 5) is 0. The molecule has 10 aromatic carbocycles. The van der Waals surface area contributed by atoms with E-state index < -0.39 is 6.29 Å². The summed E-state index contributed by atoms with van der Waals surface area (Å²) in [6.45, 7) is 0.667. The van der Waals surface area contributed by atoms with E-state index in [-0.39, 0.29) is 6.17 Å². The minimum atomic E-state index is -0.589. The number of hydrogen-bond acceptors (Lipinski definition) is 3. The van der Waals surface area contributed by atoms with Crippen LogP contribution in [0.3, 0.4) is 0 Å². The molecule has 2 heterocycles. The van der Waals surface area contributed by atoms with Crippen LogP contribution in [0.2, 0.25) is 0 Å². The van der Waals surface area contributed by atoms with Crippen LogP contribution in [0.4, 0.5) is 0 Å². The molecule has 0 bridgehead atoms. The molecule has 0 saturated heterocycles. The van der Waals surface area contributed by atoms with Crippen molar-refractivity contribution in [1.82, 2.24) is 19.8 Å². The van der Waals surface area contributed by atoms with Crippen molar-refractivity contribution in [2.45, 2.75) is 19.0 Å². The topological polar surface area (TPSA) is 59.9 Å². The molecule has 0 spiro atoms. The van der Waals surface area contributed by atoms with Crippen LogP contribution in [0.5, 0.6) is 0 Å². The number of aromatic nitrogens is 2. The molecule has 2 atom stereocenters. The molecule has 4 N–H and O–H groups in total. The van der Waals surface area contributed by atoms with Crippen LogP contribution < -0.4 is 16.4 Å².